The van der Waals surface area contributed by atoms with Crippen molar-refractivity contribution in [3.63, 3.8) is 0 Å². The van der Waals surface area contributed by atoms with Gasteiger partial charge in [-0.05, 0) is 26.0 Å². The van der Waals surface area contributed by atoms with Crippen LogP contribution < -0.4 is 14.2 Å². The molecule has 0 unspecified atom stereocenters. The zero-order valence-electron chi connectivity index (χ0n) is 11.5. The van der Waals surface area contributed by atoms with Crippen molar-refractivity contribution in [2.45, 2.75) is 18.7 Å². The summed E-state index contributed by atoms with van der Waals surface area (Å²) in [5.74, 6) is 1.37. The topological polar surface area (TPSA) is 90.7 Å². The molecule has 0 amide bonds. The average molecular weight is 310 g/mol. The fourth-order valence-corrected chi connectivity index (χ4v) is 3.20. The highest BCUT2D eigenvalue weighted by molar-refractivity contribution is 7.92. The standard InChI is InChI=1S/C13H14N2O5S/c1-8-13(9(2)20-14-8)15-21(16,17)10-3-4-11-12(7-10)19-6-5-18-11/h3-4,7,15H,5-6H2,1-2H3. The van der Waals surface area contributed by atoms with Gasteiger partial charge in [0.05, 0.1) is 4.90 Å². The normalized spacial score (nSPS) is 14.0. The monoisotopic (exact) mass is 310 g/mol. The molecule has 112 valence electrons. The number of ether oxygens (including phenoxy) is 2. The summed E-state index contributed by atoms with van der Waals surface area (Å²) in [5.41, 5.74) is 0.832. The van der Waals surface area contributed by atoms with Crippen LogP contribution in [0.4, 0.5) is 5.69 Å². The number of aromatic nitrogens is 1. The zero-order valence-corrected chi connectivity index (χ0v) is 12.4. The summed E-state index contributed by atoms with van der Waals surface area (Å²) < 4.78 is 43.0. The molecule has 0 saturated carbocycles. The summed E-state index contributed by atoms with van der Waals surface area (Å²) >= 11 is 0. The number of benzene rings is 1. The summed E-state index contributed by atoms with van der Waals surface area (Å²) in [6, 6.07) is 4.49. The van der Waals surface area contributed by atoms with Crippen molar-refractivity contribution >= 4 is 15.7 Å². The molecule has 21 heavy (non-hydrogen) atoms. The van der Waals surface area contributed by atoms with Gasteiger partial charge in [0.1, 0.15) is 24.6 Å². The number of sulfonamides is 1. The van der Waals surface area contributed by atoms with E-state index in [1.165, 1.54) is 12.1 Å². The number of rotatable bonds is 3. The SMILES string of the molecule is Cc1noc(C)c1NS(=O)(=O)c1ccc2c(c1)OCCO2. The third-order valence-electron chi connectivity index (χ3n) is 3.09. The molecule has 7 nitrogen and oxygen atoms in total. The van der Waals surface area contributed by atoms with E-state index in [0.29, 0.717) is 41.9 Å². The number of fused-ring (bicyclic) bond motifs is 1. The molecule has 2 heterocycles. The van der Waals surface area contributed by atoms with Gasteiger partial charge in [0.15, 0.2) is 17.3 Å². The molecule has 0 spiro atoms. The van der Waals surface area contributed by atoms with E-state index in [4.69, 9.17) is 14.0 Å². The minimum atomic E-state index is -3.75. The summed E-state index contributed by atoms with van der Waals surface area (Å²) in [6.45, 7) is 4.16. The minimum Gasteiger partial charge on any atom is -0.486 e. The molecule has 0 radical (unpaired) electrons. The Bertz CT molecular complexity index is 762. The minimum absolute atomic E-state index is 0.0896. The second-order valence-electron chi connectivity index (χ2n) is 4.61. The second-order valence-corrected chi connectivity index (χ2v) is 6.29. The van der Waals surface area contributed by atoms with Crippen LogP contribution in [0.15, 0.2) is 27.6 Å². The molecule has 1 aromatic carbocycles. The quantitative estimate of drug-likeness (QED) is 0.930. The molecule has 1 aromatic heterocycles. The molecular weight excluding hydrogens is 296 g/mol. The smallest absolute Gasteiger partial charge is 0.262 e. The molecule has 1 aliphatic rings. The third kappa shape index (κ3) is 2.54. The van der Waals surface area contributed by atoms with Crippen LogP contribution in [0.25, 0.3) is 0 Å². The van der Waals surface area contributed by atoms with Crippen molar-refractivity contribution in [3.05, 3.63) is 29.7 Å². The van der Waals surface area contributed by atoms with Crippen LogP contribution in [0, 0.1) is 13.8 Å². The van der Waals surface area contributed by atoms with Gasteiger partial charge >= 0.3 is 0 Å². The Labute approximate surface area is 121 Å². The molecule has 3 rings (SSSR count). The van der Waals surface area contributed by atoms with Gasteiger partial charge in [-0.25, -0.2) is 8.42 Å². The average Bonchev–Trinajstić information content (AvgIpc) is 2.78. The summed E-state index contributed by atoms with van der Waals surface area (Å²) in [7, 11) is -3.75. The Morgan fingerprint density at radius 1 is 1.14 bits per heavy atom. The number of anilines is 1. The van der Waals surface area contributed by atoms with Gasteiger partial charge in [-0.3, -0.25) is 4.72 Å². The lowest BCUT2D eigenvalue weighted by Gasteiger charge is -2.19. The molecule has 1 N–H and O–H groups in total. The highest BCUT2D eigenvalue weighted by Crippen LogP contribution is 2.33. The maximum absolute atomic E-state index is 12.4. The van der Waals surface area contributed by atoms with Crippen LogP contribution in [0.2, 0.25) is 0 Å². The van der Waals surface area contributed by atoms with Crippen molar-refractivity contribution < 1.29 is 22.4 Å². The molecule has 0 fully saturated rings. The fraction of sp³-hybridized carbons (Fsp3) is 0.308. The van der Waals surface area contributed by atoms with Crippen LogP contribution in [0.5, 0.6) is 11.5 Å². The van der Waals surface area contributed by atoms with E-state index in [1.54, 1.807) is 19.9 Å². The Morgan fingerprint density at radius 3 is 2.52 bits per heavy atom. The maximum atomic E-state index is 12.4. The summed E-state index contributed by atoms with van der Waals surface area (Å²) in [6.07, 6.45) is 0. The van der Waals surface area contributed by atoms with Gasteiger partial charge in [-0.1, -0.05) is 5.16 Å². The predicted octanol–water partition coefficient (Wildman–Crippen LogP) is 1.86. The molecule has 2 aromatic rings. The van der Waals surface area contributed by atoms with Crippen LogP contribution in [0.1, 0.15) is 11.5 Å². The van der Waals surface area contributed by atoms with E-state index in [1.807, 2.05) is 0 Å². The first-order chi connectivity index (χ1) is 9.97. The maximum Gasteiger partial charge on any atom is 0.262 e. The van der Waals surface area contributed by atoms with Gasteiger partial charge in [0.2, 0.25) is 0 Å². The van der Waals surface area contributed by atoms with Crippen LogP contribution in [0.3, 0.4) is 0 Å². The van der Waals surface area contributed by atoms with Crippen molar-refractivity contribution in [3.8, 4) is 11.5 Å². The van der Waals surface area contributed by atoms with E-state index in [9.17, 15) is 8.42 Å². The van der Waals surface area contributed by atoms with Gasteiger partial charge in [-0.15, -0.1) is 0 Å². The Morgan fingerprint density at radius 2 is 1.86 bits per heavy atom. The second kappa shape index (κ2) is 4.96. The van der Waals surface area contributed by atoms with Crippen molar-refractivity contribution in [2.75, 3.05) is 17.9 Å². The number of hydrogen-bond acceptors (Lipinski definition) is 6. The third-order valence-corrected chi connectivity index (χ3v) is 4.44. The van der Waals surface area contributed by atoms with Crippen molar-refractivity contribution in [2.24, 2.45) is 0 Å². The van der Waals surface area contributed by atoms with Gasteiger partial charge in [0, 0.05) is 6.07 Å². The Hall–Kier alpha value is -2.22. The zero-order chi connectivity index (χ0) is 15.0. The number of nitrogens with one attached hydrogen (secondary N) is 1. The highest BCUT2D eigenvalue weighted by Gasteiger charge is 2.22. The molecule has 0 bridgehead atoms. The predicted molar refractivity (Wildman–Crippen MR) is 74.2 cm³/mol. The Balaban J connectivity index is 1.95. The van der Waals surface area contributed by atoms with E-state index in [0.717, 1.165) is 0 Å². The molecule has 0 aliphatic carbocycles. The molecule has 8 heteroatoms. The van der Waals surface area contributed by atoms with Crippen LogP contribution in [-0.4, -0.2) is 26.8 Å². The molecule has 1 aliphatic heterocycles. The first-order valence-corrected chi connectivity index (χ1v) is 7.81. The van der Waals surface area contributed by atoms with Gasteiger partial charge < -0.3 is 14.0 Å². The summed E-state index contributed by atoms with van der Waals surface area (Å²) in [5, 5.41) is 3.72. The first kappa shape index (κ1) is 13.7. The van der Waals surface area contributed by atoms with E-state index < -0.39 is 10.0 Å². The Kier molecular flexibility index (Phi) is 3.25. The lowest BCUT2D eigenvalue weighted by Crippen LogP contribution is -2.17. The van der Waals surface area contributed by atoms with Crippen molar-refractivity contribution in [1.29, 1.82) is 0 Å². The number of nitrogens with zero attached hydrogens (tertiary/aromatic N) is 1. The van der Waals surface area contributed by atoms with Gasteiger partial charge in [0.25, 0.3) is 10.0 Å². The first-order valence-electron chi connectivity index (χ1n) is 6.33. The van der Waals surface area contributed by atoms with E-state index in [-0.39, 0.29) is 4.90 Å². The van der Waals surface area contributed by atoms with Crippen molar-refractivity contribution in [1.82, 2.24) is 5.16 Å². The lowest BCUT2D eigenvalue weighted by atomic mass is 10.3. The highest BCUT2D eigenvalue weighted by atomic mass is 32.2. The number of hydrogen-bond donors (Lipinski definition) is 1. The molecule has 0 saturated heterocycles. The van der Waals surface area contributed by atoms with Gasteiger partial charge in [-0.2, -0.15) is 0 Å². The van der Waals surface area contributed by atoms with E-state index >= 15 is 0 Å². The largest absolute Gasteiger partial charge is 0.486 e. The summed E-state index contributed by atoms with van der Waals surface area (Å²) in [4.78, 5) is 0.0896. The molecular formula is C13H14N2O5S. The van der Waals surface area contributed by atoms with Crippen LogP contribution in [-0.2, 0) is 10.0 Å². The number of aryl methyl sites for hydroxylation is 2. The van der Waals surface area contributed by atoms with E-state index in [2.05, 4.69) is 9.88 Å². The molecule has 0 atom stereocenters. The van der Waals surface area contributed by atoms with Crippen LogP contribution >= 0.6 is 0 Å². The lowest BCUT2D eigenvalue weighted by molar-refractivity contribution is 0.171. The fourth-order valence-electron chi connectivity index (χ4n) is 2.01.